The van der Waals surface area contributed by atoms with Crippen LogP contribution in [0.2, 0.25) is 0 Å². The molecule has 150 valence electrons. The number of nitrogen functional groups attached to an aromatic ring is 1. The number of nitrogens with one attached hydrogen (secondary N) is 2. The molecule has 0 radical (unpaired) electrons. The highest BCUT2D eigenvalue weighted by atomic mass is 16.2. The van der Waals surface area contributed by atoms with Crippen molar-refractivity contribution in [1.29, 1.82) is 0 Å². The second kappa shape index (κ2) is 7.67. The Balaban J connectivity index is 1.69. The summed E-state index contributed by atoms with van der Waals surface area (Å²) in [6.07, 6.45) is 1.42. The van der Waals surface area contributed by atoms with Crippen LogP contribution in [-0.4, -0.2) is 21.5 Å². The molecular weight excluding hydrogens is 368 g/mol. The maximum atomic E-state index is 12.3. The number of amides is 3. The molecule has 1 aromatic heterocycles. The van der Waals surface area contributed by atoms with Crippen LogP contribution in [0.3, 0.4) is 0 Å². The largest absolute Gasteiger partial charge is 0.383 e. The van der Waals surface area contributed by atoms with Crippen molar-refractivity contribution in [3.63, 3.8) is 0 Å². The zero-order valence-electron chi connectivity index (χ0n) is 16.6. The average Bonchev–Trinajstić information content (AvgIpc) is 3.03. The number of benzene rings is 2. The zero-order valence-corrected chi connectivity index (χ0v) is 16.6. The van der Waals surface area contributed by atoms with Crippen molar-refractivity contribution in [3.8, 4) is 5.69 Å². The molecule has 8 heteroatoms. The molecule has 0 unspecified atom stereocenters. The van der Waals surface area contributed by atoms with Gasteiger partial charge in [-0.1, -0.05) is 32.9 Å². The topological polar surface area (TPSA) is 128 Å². The van der Waals surface area contributed by atoms with E-state index in [2.05, 4.69) is 36.4 Å². The van der Waals surface area contributed by atoms with Gasteiger partial charge in [-0.05, 0) is 47.4 Å². The van der Waals surface area contributed by atoms with Gasteiger partial charge >= 0.3 is 6.03 Å². The molecule has 3 rings (SSSR count). The van der Waals surface area contributed by atoms with E-state index in [-0.39, 0.29) is 23.0 Å². The van der Waals surface area contributed by atoms with Crippen molar-refractivity contribution in [2.75, 3.05) is 16.4 Å². The molecule has 29 heavy (non-hydrogen) atoms. The Morgan fingerprint density at radius 2 is 1.66 bits per heavy atom. The molecule has 2 aromatic carbocycles. The summed E-state index contributed by atoms with van der Waals surface area (Å²) in [6, 6.07) is 14.4. The van der Waals surface area contributed by atoms with Gasteiger partial charge in [0.2, 0.25) is 0 Å². The molecule has 0 aliphatic heterocycles. The van der Waals surface area contributed by atoms with Crippen LogP contribution in [0.4, 0.5) is 22.0 Å². The molecule has 0 spiro atoms. The Hall–Kier alpha value is -3.81. The molecule has 6 N–H and O–H groups in total. The molecular formula is C21H24N6O2. The monoisotopic (exact) mass is 392 g/mol. The minimum absolute atomic E-state index is 0.00641. The van der Waals surface area contributed by atoms with Crippen LogP contribution in [0.5, 0.6) is 0 Å². The van der Waals surface area contributed by atoms with Crippen molar-refractivity contribution in [2.45, 2.75) is 26.2 Å². The predicted molar refractivity (Wildman–Crippen MR) is 114 cm³/mol. The number of hydrogen-bond donors (Lipinski definition) is 4. The Bertz CT molecular complexity index is 1050. The van der Waals surface area contributed by atoms with E-state index in [1.54, 1.807) is 28.8 Å². The van der Waals surface area contributed by atoms with Gasteiger partial charge in [0.05, 0.1) is 0 Å². The summed E-state index contributed by atoms with van der Waals surface area (Å²) in [4.78, 5) is 27.5. The lowest BCUT2D eigenvalue weighted by Gasteiger charge is -2.20. The lowest BCUT2D eigenvalue weighted by Crippen LogP contribution is -2.20. The summed E-state index contributed by atoms with van der Waals surface area (Å²) in [5.74, 6) is -0.526. The number of nitrogens with zero attached hydrogens (tertiary/aromatic N) is 2. The molecule has 0 saturated carbocycles. The highest BCUT2D eigenvalue weighted by molar-refractivity contribution is 6.00. The number of carbonyl (C=O) groups is 2. The van der Waals surface area contributed by atoms with E-state index in [0.717, 1.165) is 11.3 Å². The number of anilines is 3. The van der Waals surface area contributed by atoms with Crippen LogP contribution in [0, 0.1) is 0 Å². The van der Waals surface area contributed by atoms with E-state index < -0.39 is 5.91 Å². The van der Waals surface area contributed by atoms with Crippen LogP contribution in [-0.2, 0) is 5.41 Å². The summed E-state index contributed by atoms with van der Waals surface area (Å²) in [6.45, 7) is 6.35. The maximum Gasteiger partial charge on any atom is 0.323 e. The number of carbonyl (C=O) groups excluding carboxylic acids is 2. The number of imidazole rings is 1. The third-order valence-electron chi connectivity index (χ3n) is 4.43. The van der Waals surface area contributed by atoms with E-state index in [1.165, 1.54) is 6.33 Å². The van der Waals surface area contributed by atoms with E-state index >= 15 is 0 Å². The van der Waals surface area contributed by atoms with Crippen LogP contribution in [0.1, 0.15) is 36.8 Å². The van der Waals surface area contributed by atoms with Gasteiger partial charge in [0.1, 0.15) is 12.1 Å². The molecule has 0 aliphatic rings. The summed E-state index contributed by atoms with van der Waals surface area (Å²) >= 11 is 0. The van der Waals surface area contributed by atoms with Gasteiger partial charge < -0.3 is 22.1 Å². The lowest BCUT2D eigenvalue weighted by molar-refractivity contribution is 0.0997. The molecule has 0 atom stereocenters. The third kappa shape index (κ3) is 4.55. The quantitative estimate of drug-likeness (QED) is 0.542. The standard InChI is InChI=1S/C21H24N6O2/c1-21(2,3)13-5-4-6-15(11-13)26-20(29)25-14-7-9-16(10-8-14)27-12-24-17(18(27)22)19(23)28/h4-12H,22H2,1-3H3,(H2,23,28)(H2,25,26,29). The van der Waals surface area contributed by atoms with Gasteiger partial charge in [0, 0.05) is 17.1 Å². The fraction of sp³-hybridized carbons (Fsp3) is 0.190. The number of rotatable bonds is 4. The highest BCUT2D eigenvalue weighted by Gasteiger charge is 2.15. The van der Waals surface area contributed by atoms with Gasteiger partial charge in [-0.25, -0.2) is 9.78 Å². The second-order valence-corrected chi connectivity index (χ2v) is 7.67. The molecule has 0 fully saturated rings. The maximum absolute atomic E-state index is 12.3. The minimum atomic E-state index is -0.688. The summed E-state index contributed by atoms with van der Waals surface area (Å²) in [5.41, 5.74) is 14.3. The van der Waals surface area contributed by atoms with Crippen molar-refractivity contribution >= 4 is 29.1 Å². The van der Waals surface area contributed by atoms with E-state index in [4.69, 9.17) is 11.5 Å². The molecule has 3 aromatic rings. The SMILES string of the molecule is CC(C)(C)c1cccc(NC(=O)Nc2ccc(-n3cnc(C(N)=O)c3N)cc2)c1. The number of nitrogens with two attached hydrogens (primary N) is 2. The average molecular weight is 392 g/mol. The van der Waals surface area contributed by atoms with Crippen molar-refractivity contribution in [3.05, 3.63) is 66.1 Å². The Morgan fingerprint density at radius 3 is 2.24 bits per heavy atom. The summed E-state index contributed by atoms with van der Waals surface area (Å²) < 4.78 is 1.54. The molecule has 1 heterocycles. The van der Waals surface area contributed by atoms with E-state index in [1.807, 2.05) is 24.3 Å². The summed E-state index contributed by atoms with van der Waals surface area (Å²) in [5, 5.41) is 5.62. The first-order valence-electron chi connectivity index (χ1n) is 9.07. The van der Waals surface area contributed by atoms with Gasteiger partial charge in [-0.2, -0.15) is 0 Å². The van der Waals surface area contributed by atoms with Crippen LogP contribution >= 0.6 is 0 Å². The number of aromatic nitrogens is 2. The Labute approximate surface area is 168 Å². The van der Waals surface area contributed by atoms with Crippen LogP contribution < -0.4 is 22.1 Å². The highest BCUT2D eigenvalue weighted by Crippen LogP contribution is 2.25. The fourth-order valence-corrected chi connectivity index (χ4v) is 2.82. The second-order valence-electron chi connectivity index (χ2n) is 7.67. The predicted octanol–water partition coefficient (Wildman–Crippen LogP) is 3.49. The lowest BCUT2D eigenvalue weighted by atomic mass is 9.87. The molecule has 0 aliphatic carbocycles. The minimum Gasteiger partial charge on any atom is -0.383 e. The normalized spacial score (nSPS) is 11.1. The third-order valence-corrected chi connectivity index (χ3v) is 4.43. The first-order chi connectivity index (χ1) is 13.6. The first-order valence-corrected chi connectivity index (χ1v) is 9.07. The van der Waals surface area contributed by atoms with Gasteiger partial charge in [-0.3, -0.25) is 9.36 Å². The van der Waals surface area contributed by atoms with Crippen molar-refractivity contribution < 1.29 is 9.59 Å². The smallest absolute Gasteiger partial charge is 0.323 e. The van der Waals surface area contributed by atoms with Gasteiger partial charge in [0.15, 0.2) is 5.69 Å². The number of hydrogen-bond acceptors (Lipinski definition) is 4. The van der Waals surface area contributed by atoms with Crippen molar-refractivity contribution in [1.82, 2.24) is 9.55 Å². The first kappa shape index (κ1) is 19.9. The number of urea groups is 1. The Kier molecular flexibility index (Phi) is 5.27. The van der Waals surface area contributed by atoms with Crippen LogP contribution in [0.15, 0.2) is 54.9 Å². The Morgan fingerprint density at radius 1 is 1.00 bits per heavy atom. The fourth-order valence-electron chi connectivity index (χ4n) is 2.82. The molecule has 8 nitrogen and oxygen atoms in total. The van der Waals surface area contributed by atoms with E-state index in [0.29, 0.717) is 11.4 Å². The van der Waals surface area contributed by atoms with Crippen molar-refractivity contribution in [2.24, 2.45) is 5.73 Å². The van der Waals surface area contributed by atoms with Gasteiger partial charge in [0.25, 0.3) is 5.91 Å². The molecule has 3 amide bonds. The van der Waals surface area contributed by atoms with Gasteiger partial charge in [-0.15, -0.1) is 0 Å². The van der Waals surface area contributed by atoms with Crippen LogP contribution in [0.25, 0.3) is 5.69 Å². The number of primary amides is 1. The summed E-state index contributed by atoms with van der Waals surface area (Å²) in [7, 11) is 0. The molecule has 0 saturated heterocycles. The molecule has 0 bridgehead atoms. The zero-order chi connectivity index (χ0) is 21.2. The van der Waals surface area contributed by atoms with E-state index in [9.17, 15) is 9.59 Å².